The second-order valence-corrected chi connectivity index (χ2v) is 6.08. The Labute approximate surface area is 137 Å². The number of hydrogen-bond donors (Lipinski definition) is 2. The topological polar surface area (TPSA) is 81.2 Å². The van der Waals surface area contributed by atoms with E-state index < -0.39 is 29.2 Å². The number of aromatic nitrogens is 1. The summed E-state index contributed by atoms with van der Waals surface area (Å²) in [5.74, 6) is -0.603. The van der Waals surface area contributed by atoms with Crippen molar-refractivity contribution in [2.45, 2.75) is 38.5 Å². The lowest BCUT2D eigenvalue weighted by molar-refractivity contribution is -0.138. The zero-order valence-electron chi connectivity index (χ0n) is 13.4. The van der Waals surface area contributed by atoms with Crippen LogP contribution in [-0.4, -0.2) is 11.1 Å². The van der Waals surface area contributed by atoms with Crippen LogP contribution in [0.1, 0.15) is 54.0 Å². The van der Waals surface area contributed by atoms with Crippen LogP contribution in [0.25, 0.3) is 0 Å². The highest BCUT2D eigenvalue weighted by Crippen LogP contribution is 2.34. The van der Waals surface area contributed by atoms with Crippen molar-refractivity contribution in [1.29, 1.82) is 0 Å². The smallest absolute Gasteiger partial charge is 0.364 e. The molecule has 1 unspecified atom stereocenters. The van der Waals surface area contributed by atoms with E-state index in [2.05, 4.69) is 10.5 Å². The molecular formula is C16H18F3N3O2. The molecule has 8 heteroatoms. The van der Waals surface area contributed by atoms with E-state index >= 15 is 0 Å². The van der Waals surface area contributed by atoms with E-state index in [1.165, 1.54) is 25.1 Å². The molecule has 0 aliphatic carbocycles. The third kappa shape index (κ3) is 3.76. The van der Waals surface area contributed by atoms with Crippen LogP contribution in [0.5, 0.6) is 0 Å². The number of amides is 1. The quantitative estimate of drug-likeness (QED) is 0.893. The van der Waals surface area contributed by atoms with Crippen molar-refractivity contribution in [3.8, 4) is 0 Å². The fraction of sp³-hybridized carbons (Fsp3) is 0.375. The lowest BCUT2D eigenvalue weighted by Crippen LogP contribution is -2.34. The zero-order chi connectivity index (χ0) is 18.1. The first-order valence-electron chi connectivity index (χ1n) is 7.22. The Morgan fingerprint density at radius 2 is 1.92 bits per heavy atom. The summed E-state index contributed by atoms with van der Waals surface area (Å²) in [5.41, 5.74) is 4.50. The lowest BCUT2D eigenvalue weighted by atomic mass is 9.97. The van der Waals surface area contributed by atoms with Gasteiger partial charge in [0.05, 0.1) is 17.1 Å². The molecule has 24 heavy (non-hydrogen) atoms. The molecule has 1 aromatic heterocycles. The molecule has 2 rings (SSSR count). The Kier molecular flexibility index (Phi) is 4.70. The molecule has 0 aliphatic rings. The molecule has 0 bridgehead atoms. The summed E-state index contributed by atoms with van der Waals surface area (Å²) in [6.07, 6.45) is -3.38. The van der Waals surface area contributed by atoms with Gasteiger partial charge in [0.15, 0.2) is 0 Å². The van der Waals surface area contributed by atoms with E-state index in [0.29, 0.717) is 0 Å². The van der Waals surface area contributed by atoms with Crippen molar-refractivity contribution >= 4 is 5.91 Å². The Morgan fingerprint density at radius 1 is 1.29 bits per heavy atom. The molecule has 3 N–H and O–H groups in total. The highest BCUT2D eigenvalue weighted by atomic mass is 19.4. The first-order valence-corrected chi connectivity index (χ1v) is 7.22. The highest BCUT2D eigenvalue weighted by Gasteiger charge is 2.35. The van der Waals surface area contributed by atoms with Gasteiger partial charge in [-0.05, 0) is 32.4 Å². The average molecular weight is 341 g/mol. The van der Waals surface area contributed by atoms with Crippen LogP contribution in [0, 0.1) is 0 Å². The number of carbonyl (C=O) groups excluding carboxylic acids is 1. The molecular weight excluding hydrogens is 323 g/mol. The van der Waals surface area contributed by atoms with Gasteiger partial charge >= 0.3 is 6.18 Å². The Bertz CT molecular complexity index is 733. The molecule has 0 fully saturated rings. The maximum atomic E-state index is 13.1. The van der Waals surface area contributed by atoms with Crippen molar-refractivity contribution in [2.24, 2.45) is 5.73 Å². The van der Waals surface area contributed by atoms with Gasteiger partial charge in [0, 0.05) is 0 Å². The minimum atomic E-state index is -4.50. The number of nitrogens with one attached hydrogen (secondary N) is 1. The molecule has 0 saturated heterocycles. The van der Waals surface area contributed by atoms with Crippen LogP contribution in [0.15, 0.2) is 35.1 Å². The van der Waals surface area contributed by atoms with Crippen LogP contribution < -0.4 is 11.1 Å². The van der Waals surface area contributed by atoms with Crippen LogP contribution in [-0.2, 0) is 11.7 Å². The second kappa shape index (κ2) is 6.27. The number of benzene rings is 1. The molecule has 5 nitrogen and oxygen atoms in total. The van der Waals surface area contributed by atoms with Gasteiger partial charge in [0.25, 0.3) is 5.91 Å². The van der Waals surface area contributed by atoms with Crippen LogP contribution >= 0.6 is 0 Å². The number of nitrogens with two attached hydrogens (primary N) is 1. The van der Waals surface area contributed by atoms with Crippen molar-refractivity contribution in [3.63, 3.8) is 0 Å². The van der Waals surface area contributed by atoms with Crippen molar-refractivity contribution < 1.29 is 22.5 Å². The maximum absolute atomic E-state index is 13.1. The van der Waals surface area contributed by atoms with Crippen molar-refractivity contribution in [2.75, 3.05) is 0 Å². The standard InChI is InChI=1S/C16H18F3N3O2/c1-9(10-6-4-5-7-12(10)16(17,18)19)21-14(23)11-8-24-22-13(11)15(2,3)20/h4-9H,20H2,1-3H3,(H,21,23). The summed E-state index contributed by atoms with van der Waals surface area (Å²) in [6, 6.07) is 4.23. The molecule has 0 saturated carbocycles. The minimum Gasteiger partial charge on any atom is -0.364 e. The van der Waals surface area contributed by atoms with Gasteiger partial charge in [0.1, 0.15) is 17.5 Å². The molecule has 1 aromatic carbocycles. The average Bonchev–Trinajstić information content (AvgIpc) is 2.96. The molecule has 0 spiro atoms. The third-order valence-corrected chi connectivity index (χ3v) is 3.50. The number of rotatable bonds is 4. The highest BCUT2D eigenvalue weighted by molar-refractivity contribution is 5.95. The summed E-state index contributed by atoms with van der Waals surface area (Å²) in [6.45, 7) is 4.76. The van der Waals surface area contributed by atoms with Gasteiger partial charge in [-0.2, -0.15) is 13.2 Å². The molecule has 0 radical (unpaired) electrons. The number of nitrogens with zero attached hydrogens (tertiary/aromatic N) is 1. The fourth-order valence-corrected chi connectivity index (χ4v) is 2.35. The van der Waals surface area contributed by atoms with Crippen LogP contribution in [0.4, 0.5) is 13.2 Å². The third-order valence-electron chi connectivity index (χ3n) is 3.50. The summed E-state index contributed by atoms with van der Waals surface area (Å²) < 4.78 is 44.0. The zero-order valence-corrected chi connectivity index (χ0v) is 13.4. The number of hydrogen-bond acceptors (Lipinski definition) is 4. The Balaban J connectivity index is 2.27. The van der Waals surface area contributed by atoms with Gasteiger partial charge in [-0.15, -0.1) is 0 Å². The van der Waals surface area contributed by atoms with E-state index in [-0.39, 0.29) is 16.8 Å². The van der Waals surface area contributed by atoms with Crippen molar-refractivity contribution in [3.05, 3.63) is 52.9 Å². The van der Waals surface area contributed by atoms with E-state index in [4.69, 9.17) is 10.3 Å². The molecule has 1 atom stereocenters. The minimum absolute atomic E-state index is 0.0247. The normalized spacial score (nSPS) is 13.6. The van der Waals surface area contributed by atoms with Crippen LogP contribution in [0.3, 0.4) is 0 Å². The fourth-order valence-electron chi connectivity index (χ4n) is 2.35. The maximum Gasteiger partial charge on any atom is 0.416 e. The molecule has 2 aromatic rings. The predicted molar refractivity (Wildman–Crippen MR) is 81.0 cm³/mol. The van der Waals surface area contributed by atoms with Crippen molar-refractivity contribution in [1.82, 2.24) is 10.5 Å². The van der Waals surface area contributed by atoms with Gasteiger partial charge in [-0.1, -0.05) is 23.4 Å². The second-order valence-electron chi connectivity index (χ2n) is 6.08. The first-order chi connectivity index (χ1) is 11.0. The summed E-state index contributed by atoms with van der Waals surface area (Å²) >= 11 is 0. The molecule has 130 valence electrons. The lowest BCUT2D eigenvalue weighted by Gasteiger charge is -2.20. The summed E-state index contributed by atoms with van der Waals surface area (Å²) in [5, 5.41) is 6.23. The van der Waals surface area contributed by atoms with Crippen LogP contribution in [0.2, 0.25) is 0 Å². The van der Waals surface area contributed by atoms with E-state index in [1.54, 1.807) is 13.8 Å². The Morgan fingerprint density at radius 3 is 2.50 bits per heavy atom. The van der Waals surface area contributed by atoms with E-state index in [1.807, 2.05) is 0 Å². The Hall–Kier alpha value is -2.35. The van der Waals surface area contributed by atoms with E-state index in [9.17, 15) is 18.0 Å². The molecule has 1 heterocycles. The monoisotopic (exact) mass is 341 g/mol. The van der Waals surface area contributed by atoms with Gasteiger partial charge in [-0.3, -0.25) is 4.79 Å². The molecule has 1 amide bonds. The van der Waals surface area contributed by atoms with Gasteiger partial charge in [0.2, 0.25) is 0 Å². The first kappa shape index (κ1) is 18.0. The predicted octanol–water partition coefficient (Wildman–Crippen LogP) is 3.38. The molecule has 0 aliphatic heterocycles. The van der Waals surface area contributed by atoms with Gasteiger partial charge < -0.3 is 15.6 Å². The van der Waals surface area contributed by atoms with Gasteiger partial charge in [-0.25, -0.2) is 0 Å². The van der Waals surface area contributed by atoms with E-state index in [0.717, 1.165) is 12.3 Å². The summed E-state index contributed by atoms with van der Waals surface area (Å²) in [7, 11) is 0. The summed E-state index contributed by atoms with van der Waals surface area (Å²) in [4.78, 5) is 12.4. The number of alkyl halides is 3. The number of halogens is 3. The SMILES string of the molecule is CC(NC(=O)c1conc1C(C)(C)N)c1ccccc1C(F)(F)F. The number of carbonyl (C=O) groups is 1. The largest absolute Gasteiger partial charge is 0.416 e.